The van der Waals surface area contributed by atoms with E-state index in [9.17, 15) is 14.4 Å². The van der Waals surface area contributed by atoms with Crippen LogP contribution >= 0.6 is 0 Å². The van der Waals surface area contributed by atoms with Crippen molar-refractivity contribution in [3.05, 3.63) is 28.7 Å². The molecular formula is C14H19N3O3. The highest BCUT2D eigenvalue weighted by atomic mass is 16.2. The number of amides is 2. The number of nitrogens with zero attached hydrogens (tertiary/aromatic N) is 2. The molecule has 0 spiro atoms. The van der Waals surface area contributed by atoms with Crippen molar-refractivity contribution in [1.29, 1.82) is 0 Å². The van der Waals surface area contributed by atoms with Crippen molar-refractivity contribution < 1.29 is 9.59 Å². The third-order valence-corrected chi connectivity index (χ3v) is 3.64. The number of carbonyl (C=O) groups is 2. The normalized spacial score (nSPS) is 20.4. The van der Waals surface area contributed by atoms with E-state index < -0.39 is 6.04 Å². The van der Waals surface area contributed by atoms with Gasteiger partial charge in [0.2, 0.25) is 11.5 Å². The summed E-state index contributed by atoms with van der Waals surface area (Å²) in [5, 5.41) is 3.03. The maximum atomic E-state index is 12.2. The second-order valence-corrected chi connectivity index (χ2v) is 5.13. The molecule has 1 aliphatic heterocycles. The molecule has 0 aliphatic carbocycles. The lowest BCUT2D eigenvalue weighted by Crippen LogP contribution is -2.40. The number of aromatic nitrogens is 1. The monoisotopic (exact) mass is 277 g/mol. The van der Waals surface area contributed by atoms with Crippen molar-refractivity contribution in [2.24, 2.45) is 7.05 Å². The molecule has 1 aromatic rings. The van der Waals surface area contributed by atoms with E-state index in [4.69, 9.17) is 0 Å². The predicted molar refractivity (Wildman–Crippen MR) is 75.3 cm³/mol. The molecule has 1 aromatic heterocycles. The van der Waals surface area contributed by atoms with Crippen LogP contribution in [-0.4, -0.2) is 33.4 Å². The van der Waals surface area contributed by atoms with E-state index in [2.05, 4.69) is 5.32 Å². The number of pyridine rings is 1. The molecule has 2 rings (SSSR count). The van der Waals surface area contributed by atoms with E-state index in [1.54, 1.807) is 19.3 Å². The van der Waals surface area contributed by atoms with E-state index >= 15 is 0 Å². The Morgan fingerprint density at radius 3 is 2.65 bits per heavy atom. The first kappa shape index (κ1) is 14.3. The van der Waals surface area contributed by atoms with Crippen LogP contribution in [0, 0.1) is 0 Å². The Labute approximate surface area is 117 Å². The van der Waals surface area contributed by atoms with E-state index in [1.807, 2.05) is 13.8 Å². The van der Waals surface area contributed by atoms with Crippen molar-refractivity contribution in [3.63, 3.8) is 0 Å². The van der Waals surface area contributed by atoms with E-state index in [-0.39, 0.29) is 29.8 Å². The molecule has 108 valence electrons. The molecule has 1 aliphatic rings. The van der Waals surface area contributed by atoms with Gasteiger partial charge in [-0.05, 0) is 19.4 Å². The van der Waals surface area contributed by atoms with Crippen molar-refractivity contribution in [3.8, 4) is 0 Å². The van der Waals surface area contributed by atoms with E-state index in [0.29, 0.717) is 5.69 Å². The fraction of sp³-hybridized carbons (Fsp3) is 0.500. The molecule has 20 heavy (non-hydrogen) atoms. The van der Waals surface area contributed by atoms with Crippen LogP contribution in [-0.2, 0) is 16.6 Å². The van der Waals surface area contributed by atoms with Gasteiger partial charge in [-0.1, -0.05) is 6.92 Å². The number of rotatable bonds is 4. The van der Waals surface area contributed by atoms with Crippen LogP contribution in [0.25, 0.3) is 0 Å². The van der Waals surface area contributed by atoms with E-state index in [1.165, 1.54) is 15.5 Å². The lowest BCUT2D eigenvalue weighted by Gasteiger charge is -2.21. The Morgan fingerprint density at radius 2 is 2.05 bits per heavy atom. The number of anilines is 1. The standard InChI is InChI=1S/C14H19N3O3/c1-4-9(2)17-13(19)7-11(14(17)20)15-10-5-6-12(18)16(3)8-10/h5-6,8-9,11,15H,4,7H2,1-3H3. The van der Waals surface area contributed by atoms with Crippen molar-refractivity contribution in [1.82, 2.24) is 9.47 Å². The van der Waals surface area contributed by atoms with Crippen molar-refractivity contribution >= 4 is 17.5 Å². The molecule has 0 saturated carbocycles. The molecule has 6 nitrogen and oxygen atoms in total. The molecule has 6 heteroatoms. The summed E-state index contributed by atoms with van der Waals surface area (Å²) >= 11 is 0. The highest BCUT2D eigenvalue weighted by Crippen LogP contribution is 2.21. The van der Waals surface area contributed by atoms with Crippen LogP contribution < -0.4 is 10.9 Å². The first-order valence-corrected chi connectivity index (χ1v) is 6.73. The molecule has 2 amide bonds. The minimum Gasteiger partial charge on any atom is -0.372 e. The molecule has 0 bridgehead atoms. The molecule has 1 fully saturated rings. The minimum absolute atomic E-state index is 0.0815. The van der Waals surface area contributed by atoms with Gasteiger partial charge in [0.15, 0.2) is 0 Å². The second-order valence-electron chi connectivity index (χ2n) is 5.13. The van der Waals surface area contributed by atoms with Gasteiger partial charge in [-0.25, -0.2) is 0 Å². The third-order valence-electron chi connectivity index (χ3n) is 3.64. The van der Waals surface area contributed by atoms with Gasteiger partial charge in [0.05, 0.1) is 12.1 Å². The SMILES string of the molecule is CCC(C)N1C(=O)CC(Nc2ccc(=O)n(C)c2)C1=O. The van der Waals surface area contributed by atoms with Crippen LogP contribution in [0.2, 0.25) is 0 Å². The number of hydrogen-bond donors (Lipinski definition) is 1. The van der Waals surface area contributed by atoms with Crippen molar-refractivity contribution in [2.75, 3.05) is 5.32 Å². The lowest BCUT2D eigenvalue weighted by atomic mass is 10.2. The van der Waals surface area contributed by atoms with Crippen LogP contribution in [0.1, 0.15) is 26.7 Å². The van der Waals surface area contributed by atoms with Crippen LogP contribution in [0.15, 0.2) is 23.1 Å². The smallest absolute Gasteiger partial charge is 0.252 e. The first-order valence-electron chi connectivity index (χ1n) is 6.73. The summed E-state index contributed by atoms with van der Waals surface area (Å²) < 4.78 is 1.43. The van der Waals surface area contributed by atoms with Gasteiger partial charge in [-0.3, -0.25) is 19.3 Å². The summed E-state index contributed by atoms with van der Waals surface area (Å²) in [5.41, 5.74) is 0.537. The molecule has 1 N–H and O–H groups in total. The molecule has 0 aromatic carbocycles. The van der Waals surface area contributed by atoms with Gasteiger partial charge in [-0.15, -0.1) is 0 Å². The van der Waals surface area contributed by atoms with Gasteiger partial charge in [0, 0.05) is 25.4 Å². The number of aryl methyl sites for hydroxylation is 1. The number of nitrogens with one attached hydrogen (secondary N) is 1. The molecular weight excluding hydrogens is 258 g/mol. The van der Waals surface area contributed by atoms with Gasteiger partial charge in [-0.2, -0.15) is 0 Å². The molecule has 2 heterocycles. The number of carbonyl (C=O) groups excluding carboxylic acids is 2. The first-order chi connectivity index (χ1) is 9.43. The molecule has 2 unspecified atom stereocenters. The summed E-state index contributed by atoms with van der Waals surface area (Å²) in [6.45, 7) is 3.81. The van der Waals surface area contributed by atoms with Gasteiger partial charge >= 0.3 is 0 Å². The fourth-order valence-corrected chi connectivity index (χ4v) is 2.29. The summed E-state index contributed by atoms with van der Waals surface area (Å²) in [5.74, 6) is -0.343. The zero-order chi connectivity index (χ0) is 14.9. The average molecular weight is 277 g/mol. The highest BCUT2D eigenvalue weighted by molar-refractivity contribution is 6.07. The topological polar surface area (TPSA) is 71.4 Å². The van der Waals surface area contributed by atoms with Gasteiger partial charge in [0.1, 0.15) is 6.04 Å². The molecule has 2 atom stereocenters. The van der Waals surface area contributed by atoms with Crippen LogP contribution in [0.5, 0.6) is 0 Å². The Bertz CT molecular complexity index is 594. The largest absolute Gasteiger partial charge is 0.372 e. The van der Waals surface area contributed by atoms with Crippen LogP contribution in [0.4, 0.5) is 5.69 Å². The zero-order valence-corrected chi connectivity index (χ0v) is 11.9. The quantitative estimate of drug-likeness (QED) is 0.823. The van der Waals surface area contributed by atoms with Gasteiger partial charge < -0.3 is 9.88 Å². The maximum absolute atomic E-state index is 12.2. The van der Waals surface area contributed by atoms with E-state index in [0.717, 1.165) is 6.42 Å². The third kappa shape index (κ3) is 2.59. The predicted octanol–water partition coefficient (Wildman–Crippen LogP) is 0.723. The summed E-state index contributed by atoms with van der Waals surface area (Å²) in [6, 6.07) is 2.41. The highest BCUT2D eigenvalue weighted by Gasteiger charge is 2.40. The Hall–Kier alpha value is -2.11. The fourth-order valence-electron chi connectivity index (χ4n) is 2.29. The maximum Gasteiger partial charge on any atom is 0.252 e. The summed E-state index contributed by atoms with van der Waals surface area (Å²) in [4.78, 5) is 36.8. The molecule has 0 radical (unpaired) electrons. The summed E-state index contributed by atoms with van der Waals surface area (Å²) in [6.07, 6.45) is 2.52. The average Bonchev–Trinajstić information content (AvgIpc) is 2.68. The lowest BCUT2D eigenvalue weighted by molar-refractivity contribution is -0.140. The summed E-state index contributed by atoms with van der Waals surface area (Å²) in [7, 11) is 1.64. The number of likely N-dealkylation sites (tertiary alicyclic amines) is 1. The van der Waals surface area contributed by atoms with Gasteiger partial charge in [0.25, 0.3) is 5.91 Å². The Balaban J connectivity index is 2.15. The van der Waals surface area contributed by atoms with Crippen LogP contribution in [0.3, 0.4) is 0 Å². The number of hydrogen-bond acceptors (Lipinski definition) is 4. The second kappa shape index (κ2) is 5.48. The Kier molecular flexibility index (Phi) is 3.92. The Morgan fingerprint density at radius 1 is 1.35 bits per heavy atom. The number of imide groups is 1. The van der Waals surface area contributed by atoms with Crippen molar-refractivity contribution in [2.45, 2.75) is 38.8 Å². The minimum atomic E-state index is -0.547. The molecule has 1 saturated heterocycles. The zero-order valence-electron chi connectivity index (χ0n) is 11.9.